The predicted molar refractivity (Wildman–Crippen MR) is 73.6 cm³/mol. The zero-order valence-corrected chi connectivity index (χ0v) is 12.0. The monoisotopic (exact) mass is 378 g/mol. The minimum absolute atomic E-state index is 0.107. The van der Waals surface area contributed by atoms with E-state index in [-0.39, 0.29) is 23.6 Å². The fraction of sp³-hybridized carbons (Fsp3) is 0.167. The number of halogens is 3. The van der Waals surface area contributed by atoms with Gasteiger partial charge in [0.25, 0.3) is 5.56 Å². The Morgan fingerprint density at radius 2 is 1.95 bits per heavy atom. The third kappa shape index (κ3) is 3.16. The topological polar surface area (TPSA) is 55.0 Å². The summed E-state index contributed by atoms with van der Waals surface area (Å²) in [5.74, 6) is -1.36. The molecule has 4 nitrogen and oxygen atoms in total. The number of H-pyrrole nitrogens is 1. The molecule has 1 aromatic carbocycles. The van der Waals surface area contributed by atoms with Crippen molar-refractivity contribution in [1.82, 2.24) is 9.97 Å². The molecule has 0 saturated carbocycles. The van der Waals surface area contributed by atoms with Crippen LogP contribution in [0.3, 0.4) is 0 Å². The highest BCUT2D eigenvalue weighted by Gasteiger charge is 2.11. The predicted octanol–water partition coefficient (Wildman–Crippen LogP) is 2.47. The zero-order valence-electron chi connectivity index (χ0n) is 9.84. The van der Waals surface area contributed by atoms with Crippen LogP contribution in [-0.2, 0) is 11.3 Å². The van der Waals surface area contributed by atoms with Crippen molar-refractivity contribution < 1.29 is 13.5 Å². The molecule has 0 aliphatic heterocycles. The summed E-state index contributed by atoms with van der Waals surface area (Å²) in [5, 5.41) is 0. The molecule has 0 bridgehead atoms. The SMILES string of the molecule is COCc1nc(-c2cc(F)cc(F)c2)[nH]c(=O)c1I. The Kier molecular flexibility index (Phi) is 4.25. The van der Waals surface area contributed by atoms with Gasteiger partial charge in [0.05, 0.1) is 12.3 Å². The third-order valence-electron chi connectivity index (χ3n) is 2.35. The molecule has 0 unspecified atom stereocenters. The van der Waals surface area contributed by atoms with E-state index in [4.69, 9.17) is 4.74 Å². The van der Waals surface area contributed by atoms with Crippen LogP contribution < -0.4 is 5.56 Å². The fourth-order valence-corrected chi connectivity index (χ4v) is 1.98. The molecule has 1 heterocycles. The van der Waals surface area contributed by atoms with E-state index in [0.717, 1.165) is 18.2 Å². The maximum atomic E-state index is 13.2. The van der Waals surface area contributed by atoms with Crippen LogP contribution in [0.2, 0.25) is 0 Å². The lowest BCUT2D eigenvalue weighted by atomic mass is 10.2. The molecule has 0 aliphatic rings. The number of ether oxygens (including phenoxy) is 1. The fourth-order valence-electron chi connectivity index (χ4n) is 1.57. The van der Waals surface area contributed by atoms with E-state index in [2.05, 4.69) is 9.97 Å². The molecule has 2 aromatic rings. The number of hydrogen-bond acceptors (Lipinski definition) is 3. The Balaban J connectivity index is 2.59. The van der Waals surface area contributed by atoms with Crippen molar-refractivity contribution in [3.05, 3.63) is 49.5 Å². The van der Waals surface area contributed by atoms with Gasteiger partial charge in [-0.2, -0.15) is 0 Å². The number of aromatic nitrogens is 2. The lowest BCUT2D eigenvalue weighted by Crippen LogP contribution is -2.16. The van der Waals surface area contributed by atoms with Crippen LogP contribution in [0.5, 0.6) is 0 Å². The number of hydrogen-bond donors (Lipinski definition) is 1. The number of benzene rings is 1. The van der Waals surface area contributed by atoms with Gasteiger partial charge in [0, 0.05) is 18.7 Å². The summed E-state index contributed by atoms with van der Waals surface area (Å²) in [6.07, 6.45) is 0. The molecule has 0 aliphatic carbocycles. The summed E-state index contributed by atoms with van der Waals surface area (Å²) in [7, 11) is 1.47. The van der Waals surface area contributed by atoms with E-state index in [1.54, 1.807) is 0 Å². The Labute approximate surface area is 121 Å². The summed E-state index contributed by atoms with van der Waals surface area (Å²) in [4.78, 5) is 18.4. The first kappa shape index (κ1) is 14.1. The van der Waals surface area contributed by atoms with Gasteiger partial charge >= 0.3 is 0 Å². The molecule has 100 valence electrons. The zero-order chi connectivity index (χ0) is 14.0. The van der Waals surface area contributed by atoms with Gasteiger partial charge in [0.15, 0.2) is 0 Å². The summed E-state index contributed by atoms with van der Waals surface area (Å²) in [5.41, 5.74) is 0.220. The van der Waals surface area contributed by atoms with Crippen LogP contribution in [0, 0.1) is 15.2 Å². The standard InChI is InChI=1S/C12H9F2IN2O2/c1-19-5-9-10(15)12(18)17-11(16-9)6-2-7(13)4-8(14)3-6/h2-4H,5H2,1H3,(H,16,17,18). The molecule has 0 fully saturated rings. The Bertz CT molecular complexity index is 653. The number of nitrogens with one attached hydrogen (secondary N) is 1. The number of nitrogens with zero attached hydrogens (tertiary/aromatic N) is 1. The number of aromatic amines is 1. The van der Waals surface area contributed by atoms with Gasteiger partial charge < -0.3 is 9.72 Å². The molecule has 0 spiro atoms. The Morgan fingerprint density at radius 1 is 1.32 bits per heavy atom. The first-order valence-electron chi connectivity index (χ1n) is 5.25. The molecular formula is C12H9F2IN2O2. The van der Waals surface area contributed by atoms with E-state index in [1.165, 1.54) is 7.11 Å². The van der Waals surface area contributed by atoms with Crippen molar-refractivity contribution in [2.24, 2.45) is 0 Å². The van der Waals surface area contributed by atoms with Crippen molar-refractivity contribution in [1.29, 1.82) is 0 Å². The largest absolute Gasteiger partial charge is 0.378 e. The van der Waals surface area contributed by atoms with Gasteiger partial charge in [-0.15, -0.1) is 0 Å². The number of rotatable bonds is 3. The van der Waals surface area contributed by atoms with Crippen LogP contribution in [0.15, 0.2) is 23.0 Å². The van der Waals surface area contributed by atoms with Crippen molar-refractivity contribution in [3.63, 3.8) is 0 Å². The van der Waals surface area contributed by atoms with Crippen molar-refractivity contribution in [2.45, 2.75) is 6.61 Å². The number of methoxy groups -OCH3 is 1. The van der Waals surface area contributed by atoms with Crippen LogP contribution in [0.1, 0.15) is 5.69 Å². The van der Waals surface area contributed by atoms with Gasteiger partial charge in [-0.25, -0.2) is 13.8 Å². The maximum absolute atomic E-state index is 13.2. The summed E-state index contributed by atoms with van der Waals surface area (Å²) in [6, 6.07) is 2.96. The summed E-state index contributed by atoms with van der Waals surface area (Å²) >= 11 is 1.84. The molecule has 19 heavy (non-hydrogen) atoms. The lowest BCUT2D eigenvalue weighted by Gasteiger charge is -2.06. The minimum Gasteiger partial charge on any atom is -0.378 e. The molecule has 0 amide bonds. The van der Waals surface area contributed by atoms with Gasteiger partial charge in [0.2, 0.25) is 0 Å². The maximum Gasteiger partial charge on any atom is 0.264 e. The normalized spacial score (nSPS) is 10.7. The highest BCUT2D eigenvalue weighted by Crippen LogP contribution is 2.18. The van der Waals surface area contributed by atoms with Crippen molar-refractivity contribution >= 4 is 22.6 Å². The first-order valence-corrected chi connectivity index (χ1v) is 6.33. The van der Waals surface area contributed by atoms with E-state index >= 15 is 0 Å². The van der Waals surface area contributed by atoms with Crippen LogP contribution in [0.4, 0.5) is 8.78 Å². The van der Waals surface area contributed by atoms with Crippen LogP contribution in [0.25, 0.3) is 11.4 Å². The molecule has 7 heteroatoms. The van der Waals surface area contributed by atoms with Crippen LogP contribution >= 0.6 is 22.6 Å². The molecular weight excluding hydrogens is 369 g/mol. The molecule has 0 radical (unpaired) electrons. The second-order valence-corrected chi connectivity index (χ2v) is 4.85. The molecule has 2 rings (SSSR count). The van der Waals surface area contributed by atoms with E-state index in [1.807, 2.05) is 22.6 Å². The summed E-state index contributed by atoms with van der Waals surface area (Å²) in [6.45, 7) is 0.146. The van der Waals surface area contributed by atoms with Gasteiger partial charge in [-0.3, -0.25) is 4.79 Å². The van der Waals surface area contributed by atoms with Gasteiger partial charge in [0.1, 0.15) is 21.0 Å². The highest BCUT2D eigenvalue weighted by atomic mass is 127. The van der Waals surface area contributed by atoms with Gasteiger partial charge in [-0.1, -0.05) is 0 Å². The molecule has 0 atom stereocenters. The highest BCUT2D eigenvalue weighted by molar-refractivity contribution is 14.1. The summed E-state index contributed by atoms with van der Waals surface area (Å²) < 4.78 is 31.6. The molecule has 1 N–H and O–H groups in total. The van der Waals surface area contributed by atoms with E-state index in [0.29, 0.717) is 9.26 Å². The average Bonchev–Trinajstić information content (AvgIpc) is 2.33. The average molecular weight is 378 g/mol. The Morgan fingerprint density at radius 3 is 2.53 bits per heavy atom. The van der Waals surface area contributed by atoms with Crippen molar-refractivity contribution in [3.8, 4) is 11.4 Å². The second kappa shape index (κ2) is 5.74. The quantitative estimate of drug-likeness (QED) is 0.836. The van der Waals surface area contributed by atoms with E-state index < -0.39 is 11.6 Å². The smallest absolute Gasteiger partial charge is 0.264 e. The molecule has 1 aromatic heterocycles. The minimum atomic E-state index is -0.732. The third-order valence-corrected chi connectivity index (χ3v) is 3.46. The van der Waals surface area contributed by atoms with E-state index in [9.17, 15) is 13.6 Å². The van der Waals surface area contributed by atoms with Crippen LogP contribution in [-0.4, -0.2) is 17.1 Å². The Hall–Kier alpha value is -1.35. The van der Waals surface area contributed by atoms with Gasteiger partial charge in [-0.05, 0) is 34.7 Å². The molecule has 0 saturated heterocycles. The lowest BCUT2D eigenvalue weighted by molar-refractivity contribution is 0.180. The second-order valence-electron chi connectivity index (χ2n) is 3.77. The van der Waals surface area contributed by atoms with Crippen molar-refractivity contribution in [2.75, 3.05) is 7.11 Å². The first-order chi connectivity index (χ1) is 9.01.